The number of carbonyl (C=O) groups is 1. The SMILES string of the molecule is CC(C(=O)NN)C(C)N1CCCC(O)C1. The number of aliphatic hydroxyl groups is 1. The van der Waals surface area contributed by atoms with Crippen molar-refractivity contribution < 1.29 is 9.90 Å². The quantitative estimate of drug-likeness (QED) is 0.335. The Balaban J connectivity index is 2.51. The van der Waals surface area contributed by atoms with E-state index >= 15 is 0 Å². The Morgan fingerprint density at radius 2 is 2.27 bits per heavy atom. The zero-order chi connectivity index (χ0) is 11.4. The van der Waals surface area contributed by atoms with Crippen LogP contribution >= 0.6 is 0 Å². The minimum absolute atomic E-state index is 0.114. The fourth-order valence-corrected chi connectivity index (χ4v) is 2.02. The molecule has 3 atom stereocenters. The molecule has 3 unspecified atom stereocenters. The zero-order valence-corrected chi connectivity index (χ0v) is 9.44. The first kappa shape index (κ1) is 12.4. The van der Waals surface area contributed by atoms with E-state index in [2.05, 4.69) is 10.3 Å². The van der Waals surface area contributed by atoms with Crippen molar-refractivity contribution in [3.05, 3.63) is 0 Å². The number of nitrogens with two attached hydrogens (primary N) is 1. The van der Waals surface area contributed by atoms with Crippen molar-refractivity contribution in [3.8, 4) is 0 Å². The molecule has 0 radical (unpaired) electrons. The van der Waals surface area contributed by atoms with Crippen molar-refractivity contribution in [2.45, 2.75) is 38.8 Å². The molecule has 0 bridgehead atoms. The van der Waals surface area contributed by atoms with Gasteiger partial charge in [-0.15, -0.1) is 0 Å². The average Bonchev–Trinajstić information content (AvgIpc) is 2.26. The van der Waals surface area contributed by atoms with E-state index < -0.39 is 0 Å². The molecule has 0 aromatic heterocycles. The summed E-state index contributed by atoms with van der Waals surface area (Å²) in [4.78, 5) is 13.5. The van der Waals surface area contributed by atoms with Gasteiger partial charge in [-0.25, -0.2) is 5.84 Å². The highest BCUT2D eigenvalue weighted by atomic mass is 16.3. The van der Waals surface area contributed by atoms with E-state index in [0.717, 1.165) is 19.4 Å². The Kier molecular flexibility index (Phi) is 4.50. The first-order valence-electron chi connectivity index (χ1n) is 5.48. The largest absolute Gasteiger partial charge is 0.392 e. The van der Waals surface area contributed by atoms with Crippen molar-refractivity contribution in [3.63, 3.8) is 0 Å². The molecular formula is C10H21N3O2. The molecule has 1 saturated heterocycles. The minimum atomic E-state index is -0.255. The maximum absolute atomic E-state index is 11.4. The third-order valence-corrected chi connectivity index (χ3v) is 3.28. The molecule has 4 N–H and O–H groups in total. The molecular weight excluding hydrogens is 194 g/mol. The third kappa shape index (κ3) is 3.15. The predicted molar refractivity (Wildman–Crippen MR) is 57.8 cm³/mol. The zero-order valence-electron chi connectivity index (χ0n) is 9.44. The number of nitrogens with one attached hydrogen (secondary N) is 1. The van der Waals surface area contributed by atoms with E-state index in [-0.39, 0.29) is 24.0 Å². The molecule has 0 aromatic rings. The van der Waals surface area contributed by atoms with Crippen LogP contribution in [-0.4, -0.2) is 41.1 Å². The van der Waals surface area contributed by atoms with E-state index in [9.17, 15) is 9.90 Å². The fraction of sp³-hybridized carbons (Fsp3) is 0.900. The predicted octanol–water partition coefficient (Wildman–Crippen LogP) is -0.542. The van der Waals surface area contributed by atoms with Gasteiger partial charge in [-0.3, -0.25) is 15.1 Å². The van der Waals surface area contributed by atoms with Crippen molar-refractivity contribution in [1.82, 2.24) is 10.3 Å². The van der Waals surface area contributed by atoms with Crippen molar-refractivity contribution in [2.24, 2.45) is 11.8 Å². The van der Waals surface area contributed by atoms with Gasteiger partial charge in [0.25, 0.3) is 0 Å². The second-order valence-electron chi connectivity index (χ2n) is 4.33. The van der Waals surface area contributed by atoms with Crippen molar-refractivity contribution in [1.29, 1.82) is 0 Å². The number of likely N-dealkylation sites (tertiary alicyclic amines) is 1. The maximum atomic E-state index is 11.4. The number of rotatable bonds is 3. The Morgan fingerprint density at radius 1 is 1.60 bits per heavy atom. The first-order valence-corrected chi connectivity index (χ1v) is 5.48. The van der Waals surface area contributed by atoms with E-state index in [4.69, 9.17) is 5.84 Å². The summed E-state index contributed by atoms with van der Waals surface area (Å²) < 4.78 is 0. The molecule has 5 heteroatoms. The number of aliphatic hydroxyl groups excluding tert-OH is 1. The average molecular weight is 215 g/mol. The summed E-state index contributed by atoms with van der Waals surface area (Å²) in [6.45, 7) is 5.45. The maximum Gasteiger partial charge on any atom is 0.238 e. The lowest BCUT2D eigenvalue weighted by molar-refractivity contribution is -0.127. The van der Waals surface area contributed by atoms with E-state index in [0.29, 0.717) is 6.54 Å². The van der Waals surface area contributed by atoms with Gasteiger partial charge in [0.1, 0.15) is 0 Å². The summed E-state index contributed by atoms with van der Waals surface area (Å²) in [7, 11) is 0. The van der Waals surface area contributed by atoms with Gasteiger partial charge in [-0.2, -0.15) is 0 Å². The lowest BCUT2D eigenvalue weighted by Gasteiger charge is -2.37. The molecule has 1 aliphatic heterocycles. The van der Waals surface area contributed by atoms with Crippen LogP contribution in [-0.2, 0) is 4.79 Å². The lowest BCUT2D eigenvalue weighted by Crippen LogP contribution is -2.50. The van der Waals surface area contributed by atoms with Gasteiger partial charge in [-0.05, 0) is 26.3 Å². The molecule has 0 spiro atoms. The Hall–Kier alpha value is -0.650. The molecule has 0 aromatic carbocycles. The van der Waals surface area contributed by atoms with Crippen LogP contribution in [0.5, 0.6) is 0 Å². The highest BCUT2D eigenvalue weighted by molar-refractivity contribution is 5.78. The molecule has 1 aliphatic rings. The van der Waals surface area contributed by atoms with Gasteiger partial charge in [0.2, 0.25) is 5.91 Å². The summed E-state index contributed by atoms with van der Waals surface area (Å²) in [6.07, 6.45) is 1.60. The standard InChI is InChI=1S/C10H21N3O2/c1-7(10(15)12-11)8(2)13-5-3-4-9(14)6-13/h7-9,14H,3-6,11H2,1-2H3,(H,12,15). The number of piperidine rings is 1. The van der Waals surface area contributed by atoms with Crippen molar-refractivity contribution in [2.75, 3.05) is 13.1 Å². The van der Waals surface area contributed by atoms with Crippen LogP contribution in [0, 0.1) is 5.92 Å². The summed E-state index contributed by atoms with van der Waals surface area (Å²) >= 11 is 0. The highest BCUT2D eigenvalue weighted by Crippen LogP contribution is 2.17. The van der Waals surface area contributed by atoms with E-state index in [1.165, 1.54) is 0 Å². The number of hydrazine groups is 1. The fourth-order valence-electron chi connectivity index (χ4n) is 2.02. The van der Waals surface area contributed by atoms with E-state index in [1.54, 1.807) is 0 Å². The molecule has 1 fully saturated rings. The van der Waals surface area contributed by atoms with Gasteiger partial charge in [0, 0.05) is 12.6 Å². The third-order valence-electron chi connectivity index (χ3n) is 3.28. The Bertz CT molecular complexity index is 223. The topological polar surface area (TPSA) is 78.6 Å². The van der Waals surface area contributed by atoms with Crippen LogP contribution in [0.3, 0.4) is 0 Å². The van der Waals surface area contributed by atoms with Gasteiger partial charge in [0.05, 0.1) is 12.0 Å². The number of amides is 1. The summed E-state index contributed by atoms with van der Waals surface area (Å²) in [6, 6.07) is 0.114. The molecule has 0 aliphatic carbocycles. The Morgan fingerprint density at radius 3 is 2.80 bits per heavy atom. The van der Waals surface area contributed by atoms with Gasteiger partial charge in [0.15, 0.2) is 0 Å². The second kappa shape index (κ2) is 5.44. The molecule has 15 heavy (non-hydrogen) atoms. The van der Waals surface area contributed by atoms with Crippen LogP contribution in [0.2, 0.25) is 0 Å². The van der Waals surface area contributed by atoms with Crippen LogP contribution in [0.4, 0.5) is 0 Å². The molecule has 1 heterocycles. The second-order valence-corrected chi connectivity index (χ2v) is 4.33. The van der Waals surface area contributed by atoms with Crippen LogP contribution in [0.1, 0.15) is 26.7 Å². The summed E-state index contributed by atoms with van der Waals surface area (Å²) in [5.41, 5.74) is 2.17. The monoisotopic (exact) mass is 215 g/mol. The number of nitrogens with zero attached hydrogens (tertiary/aromatic N) is 1. The normalized spacial score (nSPS) is 27.1. The number of hydrogen-bond acceptors (Lipinski definition) is 4. The lowest BCUT2D eigenvalue weighted by atomic mass is 9.98. The van der Waals surface area contributed by atoms with E-state index in [1.807, 2.05) is 13.8 Å². The highest BCUT2D eigenvalue weighted by Gasteiger charge is 2.28. The molecule has 5 nitrogen and oxygen atoms in total. The minimum Gasteiger partial charge on any atom is -0.392 e. The molecule has 0 saturated carbocycles. The summed E-state index contributed by atoms with van der Waals surface area (Å²) in [5, 5.41) is 9.54. The number of β-amino-alcohol motifs (C(OH)–C–C–N with tert-alkyl or cyclic N) is 1. The van der Waals surface area contributed by atoms with Crippen molar-refractivity contribution >= 4 is 5.91 Å². The number of hydrogen-bond donors (Lipinski definition) is 3. The van der Waals surface area contributed by atoms with Gasteiger partial charge >= 0.3 is 0 Å². The first-order chi connectivity index (χ1) is 7.06. The van der Waals surface area contributed by atoms with Crippen LogP contribution in [0.25, 0.3) is 0 Å². The number of carbonyl (C=O) groups excluding carboxylic acids is 1. The van der Waals surface area contributed by atoms with Gasteiger partial charge < -0.3 is 5.11 Å². The molecule has 1 amide bonds. The van der Waals surface area contributed by atoms with Crippen LogP contribution < -0.4 is 11.3 Å². The van der Waals surface area contributed by atoms with Gasteiger partial charge in [-0.1, -0.05) is 6.92 Å². The molecule has 1 rings (SSSR count). The van der Waals surface area contributed by atoms with Crippen LogP contribution in [0.15, 0.2) is 0 Å². The smallest absolute Gasteiger partial charge is 0.238 e. The summed E-state index contributed by atoms with van der Waals surface area (Å²) in [5.74, 6) is 4.80. The molecule has 88 valence electrons. The Labute approximate surface area is 90.6 Å².